The highest BCUT2D eigenvalue weighted by Gasteiger charge is 2.25. The number of carbonyl (C=O) groups excluding carboxylic acids is 6. The lowest BCUT2D eigenvalue weighted by Crippen LogP contribution is -2.25. The first-order chi connectivity index (χ1) is 53.6. The summed E-state index contributed by atoms with van der Waals surface area (Å²) in [6, 6.07) is 61.5. The average molecular weight is 1520 g/mol. The highest BCUT2D eigenvalue weighted by molar-refractivity contribution is 7.80. The number of hydrogen-bond acceptors (Lipinski definition) is 24. The van der Waals surface area contributed by atoms with Gasteiger partial charge in [-0.05, 0) is 149 Å². The molecule has 9 aromatic carbocycles. The Morgan fingerprint density at radius 2 is 0.709 bits per heavy atom. The fourth-order valence-electron chi connectivity index (χ4n) is 10.9. The number of amides is 4. The molecule has 2 saturated heterocycles. The minimum absolute atomic E-state index is 0.0383. The van der Waals surface area contributed by atoms with Crippen molar-refractivity contribution < 1.29 is 90.7 Å². The van der Waals surface area contributed by atoms with E-state index in [9.17, 15) is 28.8 Å². The second-order valence-corrected chi connectivity index (χ2v) is 25.1. The molecule has 0 aliphatic carbocycles. The number of nitrogens with zero attached hydrogens (tertiary/aromatic N) is 2. The maximum absolute atomic E-state index is 12.1. The summed E-state index contributed by atoms with van der Waals surface area (Å²) in [4.78, 5) is 76.6. The molecule has 2 fully saturated rings. The van der Waals surface area contributed by atoms with Crippen molar-refractivity contribution in [1.29, 1.82) is 0 Å². The standard InChI is InChI=1S/2C18H14N2O3.C12H9NO3S.C8H8O3.2C8H6O3.C6H7N.C4H5NOS/c2*21-18-14(8-13-6-7-15-16(9-13)23-11-22-15)19-17(20-18)10-12-4-2-1-3-5-12;14-12-8(5-11(17)13-12)3-7-1-2-9-10(4-7)16-6-15-9;3*9-4-6-1-2-7-8(3-6)11-5-10-7;7-6-4-2-1-3-5-6;6-3-1-2-4(7)5-3/h2*1-9H,10-11H2,(H,19,20,21);1-4H,5-6H2,(H,13,14,17);1-3,9H,4-5H2;2*1-4H,5H2;1-5H,7H2;1-2H2,(H,5,6,7)/b2*14-8-;8-3+;;;;;. The first-order valence-electron chi connectivity index (χ1n) is 34.0. The number of aliphatic hydroxyl groups is 1. The number of nitrogen functional groups attached to an aromatic ring is 1. The van der Waals surface area contributed by atoms with Crippen molar-refractivity contribution in [2.24, 2.45) is 9.98 Å². The predicted octanol–water partition coefficient (Wildman–Crippen LogP) is 11.6. The number of fused-ring (bicyclic) bond motifs is 6. The Balaban J connectivity index is 0.000000121. The Hall–Kier alpha value is -13.7. The number of anilines is 1. The van der Waals surface area contributed by atoms with Crippen LogP contribution in [-0.4, -0.2) is 104 Å². The van der Waals surface area contributed by atoms with E-state index in [1.54, 1.807) is 60.7 Å². The molecule has 10 heterocycles. The van der Waals surface area contributed by atoms with Gasteiger partial charge >= 0.3 is 0 Å². The van der Waals surface area contributed by atoms with E-state index in [-0.39, 0.29) is 71.0 Å². The van der Waals surface area contributed by atoms with Gasteiger partial charge in [-0.25, -0.2) is 9.98 Å². The van der Waals surface area contributed by atoms with Crippen molar-refractivity contribution in [3.63, 3.8) is 0 Å². The quantitative estimate of drug-likeness (QED) is 0.0321. The van der Waals surface area contributed by atoms with Crippen LogP contribution in [0.1, 0.15) is 73.4 Å². The van der Waals surface area contributed by atoms with Crippen LogP contribution < -0.4 is 83.8 Å². The van der Waals surface area contributed by atoms with Crippen LogP contribution in [0.5, 0.6) is 69.0 Å². The molecule has 0 bridgehead atoms. The van der Waals surface area contributed by atoms with Crippen molar-refractivity contribution in [1.82, 2.24) is 21.3 Å². The fraction of sp³-hybridized carbons (Fsp3) is 0.146. The minimum atomic E-state index is -0.186. The number of aldehydes is 2. The molecule has 19 rings (SSSR count). The van der Waals surface area contributed by atoms with Gasteiger partial charge in [0.1, 0.15) is 35.6 Å². The zero-order valence-electron chi connectivity index (χ0n) is 58.5. The minimum Gasteiger partial charge on any atom is -0.454 e. The van der Waals surface area contributed by atoms with Crippen molar-refractivity contribution in [2.45, 2.75) is 38.7 Å². The van der Waals surface area contributed by atoms with Crippen LogP contribution in [0.3, 0.4) is 0 Å². The first-order valence-corrected chi connectivity index (χ1v) is 34.8. The maximum Gasteiger partial charge on any atom is 0.275 e. The predicted molar refractivity (Wildman–Crippen MR) is 414 cm³/mol. The van der Waals surface area contributed by atoms with Crippen LogP contribution >= 0.6 is 24.4 Å². The van der Waals surface area contributed by atoms with Crippen LogP contribution in [-0.2, 0) is 38.6 Å². The number of thiocarbonyl (C=S) groups is 2. The normalized spacial score (nSPS) is 16.1. The number of benzene rings is 9. The van der Waals surface area contributed by atoms with Crippen molar-refractivity contribution in [3.8, 4) is 69.0 Å². The van der Waals surface area contributed by atoms with E-state index in [2.05, 4.69) is 43.5 Å². The summed E-state index contributed by atoms with van der Waals surface area (Å²) in [5, 5.41) is 19.5. The summed E-state index contributed by atoms with van der Waals surface area (Å²) in [6.45, 7) is 1.53. The number of aliphatic imine (C=N–C) groups is 2. The lowest BCUT2D eigenvalue weighted by Gasteiger charge is -1.99. The van der Waals surface area contributed by atoms with Gasteiger partial charge in [0.15, 0.2) is 69.0 Å². The largest absolute Gasteiger partial charge is 0.454 e. The molecule has 0 spiro atoms. The molecule has 26 nitrogen and oxygen atoms in total. The summed E-state index contributed by atoms with van der Waals surface area (Å²) in [5.74, 6) is 9.32. The number of para-hydroxylation sites is 1. The molecule has 9 aromatic rings. The third-order valence-electron chi connectivity index (χ3n) is 16.3. The second-order valence-electron chi connectivity index (χ2n) is 24.2. The summed E-state index contributed by atoms with van der Waals surface area (Å²) < 4.78 is 62.2. The highest BCUT2D eigenvalue weighted by atomic mass is 32.1. The Morgan fingerprint density at radius 1 is 0.364 bits per heavy atom. The maximum atomic E-state index is 12.1. The van der Waals surface area contributed by atoms with Gasteiger partial charge in [-0.3, -0.25) is 28.8 Å². The van der Waals surface area contributed by atoms with Crippen LogP contribution in [0.4, 0.5) is 5.69 Å². The van der Waals surface area contributed by atoms with Gasteiger partial charge in [0, 0.05) is 54.5 Å². The lowest BCUT2D eigenvalue weighted by atomic mass is 10.1. The van der Waals surface area contributed by atoms with Gasteiger partial charge in [-0.2, -0.15) is 0 Å². The van der Waals surface area contributed by atoms with E-state index in [1.165, 1.54) is 0 Å². The molecule has 0 saturated carbocycles. The van der Waals surface area contributed by atoms with Crippen molar-refractivity contribution in [3.05, 3.63) is 262 Å². The van der Waals surface area contributed by atoms with Gasteiger partial charge in [0.2, 0.25) is 46.7 Å². The molecule has 10 aliphatic rings. The molecule has 28 heteroatoms. The van der Waals surface area contributed by atoms with Crippen molar-refractivity contribution >= 4 is 106 Å². The number of carbonyl (C=O) groups is 6. The lowest BCUT2D eigenvalue weighted by molar-refractivity contribution is -0.119. The molecule has 4 amide bonds. The Morgan fingerprint density at radius 3 is 1.03 bits per heavy atom. The van der Waals surface area contributed by atoms with E-state index in [4.69, 9.17) is 79.9 Å². The second kappa shape index (κ2) is 37.5. The third kappa shape index (κ3) is 21.5. The Labute approximate surface area is 640 Å². The van der Waals surface area contributed by atoms with E-state index in [1.807, 2.05) is 158 Å². The first kappa shape index (κ1) is 76.0. The molecule has 558 valence electrons. The molecule has 0 aromatic heterocycles. The van der Waals surface area contributed by atoms with Crippen LogP contribution in [0.15, 0.2) is 227 Å². The molecule has 0 unspecified atom stereocenters. The number of ether oxygens (including phenoxy) is 12. The molecule has 0 atom stereocenters. The Kier molecular flexibility index (Phi) is 25.9. The van der Waals surface area contributed by atoms with Crippen LogP contribution in [0.25, 0.3) is 18.2 Å². The summed E-state index contributed by atoms with van der Waals surface area (Å²) in [5.41, 5.74) is 14.5. The third-order valence-corrected chi connectivity index (χ3v) is 16.8. The Bertz CT molecular complexity index is 4880. The topological polar surface area (TPSA) is 332 Å². The molecular formula is C82H69N7O19S2. The molecule has 10 aliphatic heterocycles. The summed E-state index contributed by atoms with van der Waals surface area (Å²) in [6.07, 6.45) is 9.90. The highest BCUT2D eigenvalue weighted by Crippen LogP contribution is 2.38. The van der Waals surface area contributed by atoms with E-state index in [0.29, 0.717) is 116 Å². The van der Waals surface area contributed by atoms with E-state index >= 15 is 0 Å². The number of nitrogens with one attached hydrogen (secondary N) is 4. The molecule has 7 N–H and O–H groups in total. The monoisotopic (exact) mass is 1520 g/mol. The van der Waals surface area contributed by atoms with E-state index in [0.717, 1.165) is 86.8 Å². The number of amidine groups is 2. The van der Waals surface area contributed by atoms with Crippen LogP contribution in [0.2, 0.25) is 0 Å². The van der Waals surface area contributed by atoms with Gasteiger partial charge in [-0.15, -0.1) is 0 Å². The molecule has 0 radical (unpaired) electrons. The smallest absolute Gasteiger partial charge is 0.275 e. The summed E-state index contributed by atoms with van der Waals surface area (Å²) >= 11 is 9.62. The number of rotatable bonds is 10. The SMILES string of the molecule is Nc1ccccc1.O=C1CCC(=S)N1.O=C1NC(=S)C/C1=C\c1ccc2c(c1)OCO2.O=C1NC(Cc2ccccc2)=N/C1=C\c1ccc2c(c1)OCO2.O=C1NC(Cc2ccccc2)=N/C1=C\c1ccc2c(c1)OCO2.O=Cc1ccc2c(c1)OCO2.O=Cc1ccc2c(c1)OCO2.OCc1ccc2c(c1)OCO2. The number of hydrogen-bond donors (Lipinski definition) is 6. The van der Waals surface area contributed by atoms with Gasteiger partial charge in [0.05, 0.1) is 16.6 Å². The number of aliphatic hydroxyl groups excluding tert-OH is 1. The van der Waals surface area contributed by atoms with Gasteiger partial charge in [0.25, 0.3) is 17.7 Å². The number of nitrogens with two attached hydrogens (primary N) is 1. The van der Waals surface area contributed by atoms with E-state index < -0.39 is 0 Å². The molecule has 110 heavy (non-hydrogen) atoms. The summed E-state index contributed by atoms with van der Waals surface area (Å²) in [7, 11) is 0. The van der Waals surface area contributed by atoms with Crippen LogP contribution in [0, 0.1) is 0 Å². The fourth-order valence-corrected chi connectivity index (χ4v) is 11.4. The molecular weight excluding hydrogens is 1450 g/mol. The van der Waals surface area contributed by atoms with Gasteiger partial charge < -0.3 is 88.9 Å². The van der Waals surface area contributed by atoms with Gasteiger partial charge in [-0.1, -0.05) is 128 Å². The zero-order chi connectivity index (χ0) is 76.6. The zero-order valence-corrected chi connectivity index (χ0v) is 60.1. The van der Waals surface area contributed by atoms with Crippen molar-refractivity contribution in [2.75, 3.05) is 46.5 Å². The average Bonchev–Trinajstić information content (AvgIpc) is 1.70.